The fourth-order valence-corrected chi connectivity index (χ4v) is 3.50. The molecular formula is C24H23N7O. The van der Waals surface area contributed by atoms with Gasteiger partial charge in [0, 0.05) is 29.4 Å². The number of hydrogen-bond acceptors (Lipinski definition) is 6. The Kier molecular flexibility index (Phi) is 5.18. The number of aromatic nitrogens is 6. The molecule has 1 aliphatic rings. The summed E-state index contributed by atoms with van der Waals surface area (Å²) in [5, 5.41) is 7.37. The van der Waals surface area contributed by atoms with Crippen LogP contribution in [0.5, 0.6) is 0 Å². The molecule has 1 fully saturated rings. The van der Waals surface area contributed by atoms with Crippen molar-refractivity contribution in [3.8, 4) is 16.9 Å². The second-order valence-corrected chi connectivity index (χ2v) is 8.13. The minimum absolute atomic E-state index is 0.198. The molecule has 1 aromatic carbocycles. The normalized spacial score (nSPS) is 13.2. The minimum Gasteiger partial charge on any atom is -0.346 e. The van der Waals surface area contributed by atoms with Gasteiger partial charge in [-0.2, -0.15) is 5.10 Å². The monoisotopic (exact) mass is 425 g/mol. The first kappa shape index (κ1) is 20.0. The number of carbonyl (C=O) groups is 1. The molecule has 1 amide bonds. The highest BCUT2D eigenvalue weighted by Crippen LogP contribution is 2.39. The Morgan fingerprint density at radius 2 is 1.91 bits per heavy atom. The average molecular weight is 425 g/mol. The van der Waals surface area contributed by atoms with E-state index in [4.69, 9.17) is 0 Å². The summed E-state index contributed by atoms with van der Waals surface area (Å²) in [6.07, 6.45) is 8.98. The van der Waals surface area contributed by atoms with Gasteiger partial charge in [-0.3, -0.25) is 19.7 Å². The van der Waals surface area contributed by atoms with Crippen LogP contribution in [0.25, 0.3) is 16.9 Å². The van der Waals surface area contributed by atoms with Crippen molar-refractivity contribution in [2.75, 3.05) is 0 Å². The number of rotatable bonds is 6. The molecule has 4 aromatic rings. The highest BCUT2D eigenvalue weighted by Gasteiger charge is 2.29. The minimum atomic E-state index is -0.198. The van der Waals surface area contributed by atoms with Gasteiger partial charge < -0.3 is 5.32 Å². The maximum Gasteiger partial charge on any atom is 0.251 e. The van der Waals surface area contributed by atoms with Gasteiger partial charge in [0.05, 0.1) is 35.5 Å². The standard InChI is InChI=1S/C24H23N7O/c1-15-3-6-22(27-10-15)18-7-19(24(32)28-13-20-12-25-16(2)11-26-20)9-21(8-18)31-23(17-4-5-17)29-14-30-31/h3,6-12,14,17H,4-5,13H2,1-2H3,(H,28,32). The molecule has 0 aliphatic heterocycles. The van der Waals surface area contributed by atoms with E-state index in [1.165, 1.54) is 0 Å². The van der Waals surface area contributed by atoms with E-state index >= 15 is 0 Å². The Morgan fingerprint density at radius 1 is 1.03 bits per heavy atom. The van der Waals surface area contributed by atoms with Crippen molar-refractivity contribution in [3.05, 3.63) is 83.6 Å². The zero-order valence-corrected chi connectivity index (χ0v) is 18.0. The average Bonchev–Trinajstić information content (AvgIpc) is 3.54. The molecular weight excluding hydrogens is 402 g/mol. The maximum absolute atomic E-state index is 13.1. The molecule has 1 aliphatic carbocycles. The van der Waals surface area contributed by atoms with E-state index in [-0.39, 0.29) is 5.91 Å². The molecule has 0 atom stereocenters. The van der Waals surface area contributed by atoms with Gasteiger partial charge in [-0.1, -0.05) is 6.07 Å². The molecule has 0 saturated heterocycles. The summed E-state index contributed by atoms with van der Waals surface area (Å²) in [7, 11) is 0. The van der Waals surface area contributed by atoms with Crippen molar-refractivity contribution < 1.29 is 4.79 Å². The van der Waals surface area contributed by atoms with Crippen LogP contribution in [0.15, 0.2) is 55.2 Å². The number of hydrogen-bond donors (Lipinski definition) is 1. The highest BCUT2D eigenvalue weighted by atomic mass is 16.1. The lowest BCUT2D eigenvalue weighted by Gasteiger charge is -2.12. The fraction of sp³-hybridized carbons (Fsp3) is 0.250. The predicted octanol–water partition coefficient (Wildman–Crippen LogP) is 3.54. The summed E-state index contributed by atoms with van der Waals surface area (Å²) >= 11 is 0. The zero-order valence-electron chi connectivity index (χ0n) is 18.0. The second-order valence-electron chi connectivity index (χ2n) is 8.13. The third-order valence-electron chi connectivity index (χ3n) is 5.41. The maximum atomic E-state index is 13.1. The number of nitrogens with zero attached hydrogens (tertiary/aromatic N) is 6. The topological polar surface area (TPSA) is 98.5 Å². The molecule has 0 spiro atoms. The van der Waals surface area contributed by atoms with Crippen molar-refractivity contribution in [2.24, 2.45) is 0 Å². The summed E-state index contributed by atoms with van der Waals surface area (Å²) in [4.78, 5) is 30.6. The summed E-state index contributed by atoms with van der Waals surface area (Å²) in [6.45, 7) is 4.17. The van der Waals surface area contributed by atoms with Crippen LogP contribution in [-0.2, 0) is 6.54 Å². The lowest BCUT2D eigenvalue weighted by molar-refractivity contribution is 0.0950. The van der Waals surface area contributed by atoms with Crippen molar-refractivity contribution in [1.29, 1.82) is 0 Å². The van der Waals surface area contributed by atoms with Gasteiger partial charge in [-0.15, -0.1) is 0 Å². The fourth-order valence-electron chi connectivity index (χ4n) is 3.50. The number of pyridine rings is 1. The molecule has 8 heteroatoms. The molecule has 0 radical (unpaired) electrons. The number of aryl methyl sites for hydroxylation is 2. The van der Waals surface area contributed by atoms with Crippen LogP contribution in [0.1, 0.15) is 51.9 Å². The summed E-state index contributed by atoms with van der Waals surface area (Å²) in [5.41, 5.74) is 5.58. The van der Waals surface area contributed by atoms with Gasteiger partial charge in [0.1, 0.15) is 12.2 Å². The van der Waals surface area contributed by atoms with Gasteiger partial charge in [-0.25, -0.2) is 9.67 Å². The molecule has 8 nitrogen and oxygen atoms in total. The Morgan fingerprint density at radius 3 is 2.62 bits per heavy atom. The van der Waals surface area contributed by atoms with Gasteiger partial charge in [-0.05, 0) is 56.5 Å². The molecule has 3 heterocycles. The van der Waals surface area contributed by atoms with E-state index in [0.29, 0.717) is 23.7 Å². The van der Waals surface area contributed by atoms with Gasteiger partial charge in [0.2, 0.25) is 0 Å². The van der Waals surface area contributed by atoms with E-state index in [9.17, 15) is 4.79 Å². The predicted molar refractivity (Wildman–Crippen MR) is 119 cm³/mol. The molecule has 1 N–H and O–H groups in total. The highest BCUT2D eigenvalue weighted by molar-refractivity contribution is 5.96. The largest absolute Gasteiger partial charge is 0.346 e. The zero-order chi connectivity index (χ0) is 22.1. The molecule has 0 bridgehead atoms. The third kappa shape index (κ3) is 4.25. The van der Waals surface area contributed by atoms with Crippen LogP contribution in [0.4, 0.5) is 0 Å². The van der Waals surface area contributed by atoms with Crippen LogP contribution >= 0.6 is 0 Å². The van der Waals surface area contributed by atoms with Crippen LogP contribution in [0.2, 0.25) is 0 Å². The Bertz CT molecular complexity index is 1260. The first-order valence-corrected chi connectivity index (χ1v) is 10.6. The van der Waals surface area contributed by atoms with Crippen LogP contribution in [0, 0.1) is 13.8 Å². The molecule has 1 saturated carbocycles. The quantitative estimate of drug-likeness (QED) is 0.507. The van der Waals surface area contributed by atoms with Gasteiger partial charge in [0.25, 0.3) is 5.91 Å². The molecule has 32 heavy (non-hydrogen) atoms. The number of amides is 1. The Hall–Kier alpha value is -3.94. The van der Waals surface area contributed by atoms with Crippen molar-refractivity contribution in [2.45, 2.75) is 39.2 Å². The second kappa shape index (κ2) is 8.30. The lowest BCUT2D eigenvalue weighted by Crippen LogP contribution is -2.23. The third-order valence-corrected chi connectivity index (χ3v) is 5.41. The Labute approximate surface area is 185 Å². The van der Waals surface area contributed by atoms with Gasteiger partial charge >= 0.3 is 0 Å². The van der Waals surface area contributed by atoms with E-state index < -0.39 is 0 Å². The number of carbonyl (C=O) groups excluding carboxylic acids is 1. The van der Waals surface area contributed by atoms with Crippen molar-refractivity contribution >= 4 is 5.91 Å². The smallest absolute Gasteiger partial charge is 0.251 e. The Balaban J connectivity index is 1.49. The summed E-state index contributed by atoms with van der Waals surface area (Å²) < 4.78 is 1.83. The molecule has 0 unspecified atom stereocenters. The van der Waals surface area contributed by atoms with Crippen molar-refractivity contribution in [1.82, 2.24) is 35.0 Å². The SMILES string of the molecule is Cc1ccc(-c2cc(C(=O)NCc3cnc(C)cn3)cc(-n3ncnc3C3CC3)c2)nc1. The summed E-state index contributed by atoms with van der Waals surface area (Å²) in [6, 6.07) is 9.66. The number of benzene rings is 1. The van der Waals surface area contributed by atoms with Crippen molar-refractivity contribution in [3.63, 3.8) is 0 Å². The van der Waals surface area contributed by atoms with Crippen LogP contribution < -0.4 is 5.32 Å². The molecule has 5 rings (SSSR count). The van der Waals surface area contributed by atoms with Crippen LogP contribution in [-0.4, -0.2) is 35.6 Å². The van der Waals surface area contributed by atoms with E-state index in [2.05, 4.69) is 30.4 Å². The lowest BCUT2D eigenvalue weighted by atomic mass is 10.0. The summed E-state index contributed by atoms with van der Waals surface area (Å²) in [5.74, 6) is 1.16. The molecule has 160 valence electrons. The first-order valence-electron chi connectivity index (χ1n) is 10.6. The van der Waals surface area contributed by atoms with E-state index in [0.717, 1.165) is 46.9 Å². The van der Waals surface area contributed by atoms with Gasteiger partial charge in [0.15, 0.2) is 0 Å². The van der Waals surface area contributed by atoms with E-state index in [1.54, 1.807) is 18.7 Å². The first-order chi connectivity index (χ1) is 15.6. The molecule has 3 aromatic heterocycles. The van der Waals surface area contributed by atoms with Crippen LogP contribution in [0.3, 0.4) is 0 Å². The number of nitrogens with one attached hydrogen (secondary N) is 1. The van der Waals surface area contributed by atoms with E-state index in [1.807, 2.05) is 55.1 Å².